The van der Waals surface area contributed by atoms with E-state index < -0.39 is 16.1 Å². The number of rotatable bonds is 9. The van der Waals surface area contributed by atoms with E-state index in [0.717, 1.165) is 29.2 Å². The van der Waals surface area contributed by atoms with Crippen LogP contribution in [-0.2, 0) is 27.8 Å². The van der Waals surface area contributed by atoms with Gasteiger partial charge in [0, 0.05) is 32.7 Å². The molecule has 3 aromatic carbocycles. The summed E-state index contributed by atoms with van der Waals surface area (Å²) in [5.41, 5.74) is 2.69. The van der Waals surface area contributed by atoms with Gasteiger partial charge in [0.1, 0.15) is 11.8 Å². The van der Waals surface area contributed by atoms with E-state index in [1.165, 1.54) is 13.2 Å². The summed E-state index contributed by atoms with van der Waals surface area (Å²) in [6, 6.07) is 19.1. The highest BCUT2D eigenvalue weighted by atomic mass is 32.2. The number of hydrogen-bond donors (Lipinski definition) is 1. The van der Waals surface area contributed by atoms with Crippen molar-refractivity contribution >= 4 is 15.9 Å². The summed E-state index contributed by atoms with van der Waals surface area (Å²) in [7, 11) is -2.41. The average molecular weight is 552 g/mol. The standard InChI is InChI=1S/C29H33N3O6S/c1-21-16-24(9-11-26(21)36-2)39(34,35)30-25(17-22-6-4-3-5-7-22)29(33)32-14-12-31(13-15-32)19-23-8-10-27-28(18-23)38-20-37-27/h3-11,16,18,25,30H,12-15,17,19-20H2,1-2H3. The summed E-state index contributed by atoms with van der Waals surface area (Å²) in [5.74, 6) is 1.88. The lowest BCUT2D eigenvalue weighted by atomic mass is 10.1. The van der Waals surface area contributed by atoms with Crippen LogP contribution in [0.4, 0.5) is 0 Å². The van der Waals surface area contributed by atoms with Crippen LogP contribution in [0.25, 0.3) is 0 Å². The van der Waals surface area contributed by atoms with Crippen LogP contribution in [0, 0.1) is 6.92 Å². The molecule has 1 N–H and O–H groups in total. The molecular weight excluding hydrogens is 518 g/mol. The predicted octanol–water partition coefficient (Wildman–Crippen LogP) is 2.97. The van der Waals surface area contributed by atoms with E-state index >= 15 is 0 Å². The van der Waals surface area contributed by atoms with Gasteiger partial charge in [0.2, 0.25) is 22.7 Å². The number of nitrogens with one attached hydrogen (secondary N) is 1. The molecule has 0 aromatic heterocycles. The second-order valence-corrected chi connectivity index (χ2v) is 11.5. The van der Waals surface area contributed by atoms with Gasteiger partial charge in [0.05, 0.1) is 12.0 Å². The van der Waals surface area contributed by atoms with Crippen molar-refractivity contribution in [2.75, 3.05) is 40.1 Å². The first kappa shape index (κ1) is 27.0. The lowest BCUT2D eigenvalue weighted by Crippen LogP contribution is -2.55. The predicted molar refractivity (Wildman–Crippen MR) is 146 cm³/mol. The summed E-state index contributed by atoms with van der Waals surface area (Å²) in [5, 5.41) is 0. The van der Waals surface area contributed by atoms with Gasteiger partial charge in [-0.2, -0.15) is 4.72 Å². The molecular formula is C29H33N3O6S. The molecule has 1 amide bonds. The maximum absolute atomic E-state index is 13.7. The SMILES string of the molecule is COc1ccc(S(=O)(=O)NC(Cc2ccccc2)C(=O)N2CCN(Cc3ccc4c(c3)OCO4)CC2)cc1C. The minimum absolute atomic E-state index is 0.0974. The van der Waals surface area contributed by atoms with Crippen LogP contribution in [0.15, 0.2) is 71.6 Å². The molecule has 1 atom stereocenters. The van der Waals surface area contributed by atoms with Crippen LogP contribution < -0.4 is 18.9 Å². The van der Waals surface area contributed by atoms with Gasteiger partial charge in [0.15, 0.2) is 11.5 Å². The quantitative estimate of drug-likeness (QED) is 0.437. The van der Waals surface area contributed by atoms with E-state index in [4.69, 9.17) is 14.2 Å². The number of methoxy groups -OCH3 is 1. The van der Waals surface area contributed by atoms with Gasteiger partial charge in [-0.25, -0.2) is 8.42 Å². The number of piperazine rings is 1. The number of hydrogen-bond acceptors (Lipinski definition) is 7. The second kappa shape index (κ2) is 11.6. The van der Waals surface area contributed by atoms with E-state index in [1.807, 2.05) is 48.5 Å². The van der Waals surface area contributed by atoms with Crippen molar-refractivity contribution in [1.82, 2.24) is 14.5 Å². The van der Waals surface area contributed by atoms with Crippen LogP contribution in [0.2, 0.25) is 0 Å². The Morgan fingerprint density at radius 2 is 1.69 bits per heavy atom. The van der Waals surface area contributed by atoms with E-state index in [1.54, 1.807) is 24.0 Å². The van der Waals surface area contributed by atoms with Crippen molar-refractivity contribution in [2.45, 2.75) is 30.8 Å². The number of amides is 1. The van der Waals surface area contributed by atoms with E-state index in [9.17, 15) is 13.2 Å². The molecule has 0 saturated carbocycles. The topological polar surface area (TPSA) is 97.4 Å². The third-order valence-corrected chi connectivity index (χ3v) is 8.55. The zero-order chi connectivity index (χ0) is 27.4. The number of nitrogens with zero attached hydrogens (tertiary/aromatic N) is 2. The van der Waals surface area contributed by atoms with Crippen LogP contribution >= 0.6 is 0 Å². The molecule has 1 saturated heterocycles. The van der Waals surface area contributed by atoms with Crippen molar-refractivity contribution in [1.29, 1.82) is 0 Å². The van der Waals surface area contributed by atoms with Crippen LogP contribution in [-0.4, -0.2) is 70.2 Å². The van der Waals surface area contributed by atoms with Crippen molar-refractivity contribution in [2.24, 2.45) is 0 Å². The van der Waals surface area contributed by atoms with E-state index in [-0.39, 0.29) is 24.0 Å². The molecule has 206 valence electrons. The molecule has 2 aliphatic rings. The minimum atomic E-state index is -3.95. The molecule has 2 aliphatic heterocycles. The molecule has 1 unspecified atom stereocenters. The lowest BCUT2D eigenvalue weighted by molar-refractivity contribution is -0.134. The zero-order valence-corrected chi connectivity index (χ0v) is 22.9. The first-order valence-electron chi connectivity index (χ1n) is 12.9. The molecule has 0 spiro atoms. The minimum Gasteiger partial charge on any atom is -0.496 e. The maximum Gasteiger partial charge on any atom is 0.241 e. The van der Waals surface area contributed by atoms with E-state index in [0.29, 0.717) is 37.5 Å². The first-order valence-corrected chi connectivity index (χ1v) is 14.4. The average Bonchev–Trinajstić information content (AvgIpc) is 3.41. The second-order valence-electron chi connectivity index (χ2n) is 9.78. The number of ether oxygens (including phenoxy) is 3. The number of aryl methyl sites for hydroxylation is 1. The summed E-state index contributed by atoms with van der Waals surface area (Å²) in [6.07, 6.45) is 0.255. The number of carbonyl (C=O) groups is 1. The molecule has 0 aliphatic carbocycles. The Morgan fingerprint density at radius 1 is 0.949 bits per heavy atom. The number of carbonyl (C=O) groups excluding carboxylic acids is 1. The molecule has 10 heteroatoms. The van der Waals surface area contributed by atoms with Crippen molar-refractivity contribution in [3.63, 3.8) is 0 Å². The van der Waals surface area contributed by atoms with Gasteiger partial charge in [-0.05, 0) is 60.4 Å². The zero-order valence-electron chi connectivity index (χ0n) is 22.1. The Hall–Kier alpha value is -3.60. The largest absolute Gasteiger partial charge is 0.496 e. The van der Waals surface area contributed by atoms with Gasteiger partial charge in [-0.1, -0.05) is 36.4 Å². The molecule has 0 bridgehead atoms. The highest BCUT2D eigenvalue weighted by Gasteiger charge is 2.31. The summed E-state index contributed by atoms with van der Waals surface area (Å²) in [4.78, 5) is 17.8. The fourth-order valence-electron chi connectivity index (χ4n) is 4.95. The third kappa shape index (κ3) is 6.35. The number of sulfonamides is 1. The number of benzene rings is 3. The summed E-state index contributed by atoms with van der Waals surface area (Å²) < 4.78 is 45.6. The molecule has 9 nitrogen and oxygen atoms in total. The Balaban J connectivity index is 1.27. The summed E-state index contributed by atoms with van der Waals surface area (Å²) in [6.45, 7) is 5.15. The fourth-order valence-corrected chi connectivity index (χ4v) is 6.22. The van der Waals surface area contributed by atoms with Crippen molar-refractivity contribution in [3.8, 4) is 17.2 Å². The van der Waals surface area contributed by atoms with E-state index in [2.05, 4.69) is 9.62 Å². The Kier molecular flexibility index (Phi) is 8.06. The van der Waals surface area contributed by atoms with Crippen molar-refractivity contribution in [3.05, 3.63) is 83.4 Å². The van der Waals surface area contributed by atoms with Crippen molar-refractivity contribution < 1.29 is 27.4 Å². The lowest BCUT2D eigenvalue weighted by Gasteiger charge is -2.36. The molecule has 5 rings (SSSR count). The molecule has 2 heterocycles. The molecule has 3 aromatic rings. The Morgan fingerprint density at radius 3 is 2.41 bits per heavy atom. The highest BCUT2D eigenvalue weighted by Crippen LogP contribution is 2.33. The van der Waals surface area contributed by atoms with Crippen LogP contribution in [0.5, 0.6) is 17.2 Å². The van der Waals surface area contributed by atoms with Crippen LogP contribution in [0.1, 0.15) is 16.7 Å². The highest BCUT2D eigenvalue weighted by molar-refractivity contribution is 7.89. The van der Waals surface area contributed by atoms with Crippen LogP contribution in [0.3, 0.4) is 0 Å². The van der Waals surface area contributed by atoms with Gasteiger partial charge in [0.25, 0.3) is 0 Å². The smallest absolute Gasteiger partial charge is 0.241 e. The Bertz CT molecular complexity index is 1420. The molecule has 1 fully saturated rings. The normalized spacial score (nSPS) is 16.2. The molecule has 0 radical (unpaired) electrons. The first-order chi connectivity index (χ1) is 18.8. The van der Waals surface area contributed by atoms with Gasteiger partial charge >= 0.3 is 0 Å². The maximum atomic E-state index is 13.7. The molecule has 39 heavy (non-hydrogen) atoms. The van der Waals surface area contributed by atoms with Gasteiger partial charge in [-0.15, -0.1) is 0 Å². The monoisotopic (exact) mass is 551 g/mol. The summed E-state index contributed by atoms with van der Waals surface area (Å²) >= 11 is 0. The fraction of sp³-hybridized carbons (Fsp3) is 0.345. The van der Waals surface area contributed by atoms with Gasteiger partial charge in [-0.3, -0.25) is 9.69 Å². The third-order valence-electron chi connectivity index (χ3n) is 7.08. The van der Waals surface area contributed by atoms with Gasteiger partial charge < -0.3 is 19.1 Å². The number of fused-ring (bicyclic) bond motifs is 1. The Labute approximate surface area is 229 Å².